The van der Waals surface area contributed by atoms with Gasteiger partial charge in [0.1, 0.15) is 10.8 Å². The van der Waals surface area contributed by atoms with Crippen LogP contribution in [0.15, 0.2) is 23.6 Å². The molecule has 8 heteroatoms. The molecule has 0 spiro atoms. The molecule has 0 fully saturated rings. The highest BCUT2D eigenvalue weighted by Gasteiger charge is 2.19. The van der Waals surface area contributed by atoms with Gasteiger partial charge in [0.2, 0.25) is 0 Å². The van der Waals surface area contributed by atoms with Gasteiger partial charge in [0.05, 0.1) is 15.2 Å². The summed E-state index contributed by atoms with van der Waals surface area (Å²) >= 11 is 9.72. The Kier molecular flexibility index (Phi) is 6.71. The summed E-state index contributed by atoms with van der Waals surface area (Å²) in [4.78, 5) is 17.8. The lowest BCUT2D eigenvalue weighted by Gasteiger charge is -2.22. The van der Waals surface area contributed by atoms with Gasteiger partial charge in [0.15, 0.2) is 0 Å². The minimum absolute atomic E-state index is 0.0865. The summed E-state index contributed by atoms with van der Waals surface area (Å²) in [6.45, 7) is 10.1. The molecule has 1 amide bonds. The lowest BCUT2D eigenvalue weighted by atomic mass is 10.1. The van der Waals surface area contributed by atoms with Crippen molar-refractivity contribution in [3.63, 3.8) is 0 Å². The monoisotopic (exact) mass is 451 g/mol. The molecular weight excluding hydrogens is 426 g/mol. The average molecular weight is 452 g/mol. The number of ether oxygens (including phenoxy) is 1. The number of anilines is 1. The molecule has 0 radical (unpaired) electrons. The summed E-state index contributed by atoms with van der Waals surface area (Å²) in [6.07, 6.45) is 0.429. The zero-order valence-electron chi connectivity index (χ0n) is 17.3. The molecule has 3 rings (SSSR count). The van der Waals surface area contributed by atoms with E-state index in [2.05, 4.69) is 33.1 Å². The van der Waals surface area contributed by atoms with Gasteiger partial charge in [-0.05, 0) is 57.7 Å². The number of nitrogens with zero attached hydrogens (tertiary/aromatic N) is 1. The van der Waals surface area contributed by atoms with Crippen LogP contribution in [0.1, 0.15) is 43.7 Å². The molecule has 0 aliphatic carbocycles. The number of nitrogens with one attached hydrogen (secondary N) is 2. The summed E-state index contributed by atoms with van der Waals surface area (Å²) in [6, 6.07) is 6.06. The minimum atomic E-state index is -0.511. The molecule has 0 bridgehead atoms. The van der Waals surface area contributed by atoms with Crippen LogP contribution < -0.4 is 10.6 Å². The SMILES string of the molecule is Cc1c(NC[C@H](C)NC(=O)OC(C)(C)C)sc2c(Cc3cccs3)cc(Cl)nc12. The molecule has 0 aliphatic heterocycles. The highest BCUT2D eigenvalue weighted by Crippen LogP contribution is 2.38. The van der Waals surface area contributed by atoms with E-state index in [4.69, 9.17) is 16.3 Å². The fourth-order valence-corrected chi connectivity index (χ4v) is 5.02. The second kappa shape index (κ2) is 8.90. The number of carbonyl (C=O) groups excluding carboxylic acids is 1. The van der Waals surface area contributed by atoms with Crippen LogP contribution in [0.5, 0.6) is 0 Å². The number of pyridine rings is 1. The number of carbonyl (C=O) groups is 1. The second-order valence-corrected chi connectivity index (χ2v) is 10.5. The molecule has 29 heavy (non-hydrogen) atoms. The minimum Gasteiger partial charge on any atom is -0.444 e. The van der Waals surface area contributed by atoms with E-state index in [-0.39, 0.29) is 6.04 Å². The standard InChI is InChI=1S/C21H26ClN3O2S2/c1-12(24-20(26)27-21(3,4)5)11-23-19-13(2)17-18(29-19)14(10-16(22)25-17)9-15-7-6-8-28-15/h6-8,10,12,23H,9,11H2,1-5H3,(H,24,26)/t12-/m0/s1. The van der Waals surface area contributed by atoms with Crippen LogP contribution >= 0.6 is 34.3 Å². The number of rotatable bonds is 6. The van der Waals surface area contributed by atoms with Gasteiger partial charge in [0.25, 0.3) is 0 Å². The van der Waals surface area contributed by atoms with Crippen molar-refractivity contribution in [1.29, 1.82) is 0 Å². The van der Waals surface area contributed by atoms with Crippen molar-refractivity contribution in [1.82, 2.24) is 10.3 Å². The molecular formula is C21H26ClN3O2S2. The zero-order valence-corrected chi connectivity index (χ0v) is 19.6. The van der Waals surface area contributed by atoms with Gasteiger partial charge in [-0.15, -0.1) is 22.7 Å². The van der Waals surface area contributed by atoms with E-state index >= 15 is 0 Å². The summed E-state index contributed by atoms with van der Waals surface area (Å²) in [7, 11) is 0. The molecule has 0 aliphatic rings. The Morgan fingerprint density at radius 2 is 2.14 bits per heavy atom. The topological polar surface area (TPSA) is 63.2 Å². The maximum absolute atomic E-state index is 11.9. The Bertz CT molecular complexity index is 994. The van der Waals surface area contributed by atoms with Crippen molar-refractivity contribution < 1.29 is 9.53 Å². The number of hydrogen-bond donors (Lipinski definition) is 2. The first kappa shape index (κ1) is 21.9. The zero-order chi connectivity index (χ0) is 21.2. The van der Waals surface area contributed by atoms with Gasteiger partial charge < -0.3 is 15.4 Å². The lowest BCUT2D eigenvalue weighted by molar-refractivity contribution is 0.0511. The summed E-state index contributed by atoms with van der Waals surface area (Å²) < 4.78 is 6.46. The van der Waals surface area contributed by atoms with E-state index in [1.807, 2.05) is 40.7 Å². The van der Waals surface area contributed by atoms with E-state index in [1.54, 1.807) is 22.7 Å². The number of hydrogen-bond acceptors (Lipinski definition) is 6. The largest absolute Gasteiger partial charge is 0.444 e. The Morgan fingerprint density at radius 3 is 2.79 bits per heavy atom. The first-order valence-corrected chi connectivity index (χ1v) is 11.5. The first-order valence-electron chi connectivity index (χ1n) is 9.46. The van der Waals surface area contributed by atoms with E-state index in [1.165, 1.54) is 10.4 Å². The lowest BCUT2D eigenvalue weighted by Crippen LogP contribution is -2.40. The Balaban J connectivity index is 1.73. The number of aromatic nitrogens is 1. The molecule has 3 aromatic rings. The first-order chi connectivity index (χ1) is 13.6. The smallest absolute Gasteiger partial charge is 0.407 e. The third-order valence-electron chi connectivity index (χ3n) is 4.20. The number of aryl methyl sites for hydroxylation is 1. The van der Waals surface area contributed by atoms with E-state index in [0.717, 1.165) is 27.2 Å². The number of fused-ring (bicyclic) bond motifs is 1. The number of alkyl carbamates (subject to hydrolysis) is 1. The molecule has 3 aromatic heterocycles. The van der Waals surface area contributed by atoms with Crippen LogP contribution in [-0.4, -0.2) is 29.3 Å². The van der Waals surface area contributed by atoms with Crippen LogP contribution in [0.3, 0.4) is 0 Å². The molecule has 1 atom stereocenters. The van der Waals surface area contributed by atoms with Crippen LogP contribution in [0.2, 0.25) is 5.15 Å². The molecule has 156 valence electrons. The normalized spacial score (nSPS) is 12.8. The van der Waals surface area contributed by atoms with Gasteiger partial charge in [-0.3, -0.25) is 0 Å². The molecule has 0 unspecified atom stereocenters. The summed E-state index contributed by atoms with van der Waals surface area (Å²) in [5, 5.41) is 9.94. The van der Waals surface area contributed by atoms with Crippen molar-refractivity contribution in [2.75, 3.05) is 11.9 Å². The molecule has 5 nitrogen and oxygen atoms in total. The Morgan fingerprint density at radius 1 is 1.38 bits per heavy atom. The highest BCUT2D eigenvalue weighted by atomic mass is 35.5. The third kappa shape index (κ3) is 5.84. The molecule has 0 saturated carbocycles. The predicted molar refractivity (Wildman–Crippen MR) is 124 cm³/mol. The number of thiophene rings is 2. The van der Waals surface area contributed by atoms with Crippen LogP contribution in [0, 0.1) is 6.92 Å². The molecule has 3 heterocycles. The van der Waals surface area contributed by atoms with Gasteiger partial charge in [-0.2, -0.15) is 0 Å². The highest BCUT2D eigenvalue weighted by molar-refractivity contribution is 7.23. The number of amides is 1. The van der Waals surface area contributed by atoms with Gasteiger partial charge >= 0.3 is 6.09 Å². The van der Waals surface area contributed by atoms with Gasteiger partial charge in [-0.1, -0.05) is 17.7 Å². The fourth-order valence-electron chi connectivity index (χ4n) is 2.91. The third-order valence-corrected chi connectivity index (χ3v) is 6.58. The second-order valence-electron chi connectivity index (χ2n) is 8.02. The quantitative estimate of drug-likeness (QED) is 0.435. The molecule has 2 N–H and O–H groups in total. The fraction of sp³-hybridized carbons (Fsp3) is 0.429. The van der Waals surface area contributed by atoms with Crippen LogP contribution in [0.4, 0.5) is 9.80 Å². The van der Waals surface area contributed by atoms with E-state index in [9.17, 15) is 4.79 Å². The molecule has 0 aromatic carbocycles. The van der Waals surface area contributed by atoms with Crippen molar-refractivity contribution in [2.45, 2.75) is 52.7 Å². The Hall–Kier alpha value is -1.83. The summed E-state index contributed by atoms with van der Waals surface area (Å²) in [5.41, 5.74) is 2.68. The van der Waals surface area contributed by atoms with Gasteiger partial charge in [0, 0.05) is 29.4 Å². The van der Waals surface area contributed by atoms with Crippen molar-refractivity contribution in [3.05, 3.63) is 44.7 Å². The van der Waals surface area contributed by atoms with Crippen LogP contribution in [0.25, 0.3) is 10.2 Å². The average Bonchev–Trinajstić information content (AvgIpc) is 3.20. The van der Waals surface area contributed by atoms with Crippen LogP contribution in [-0.2, 0) is 11.2 Å². The maximum atomic E-state index is 11.9. The van der Waals surface area contributed by atoms with Gasteiger partial charge in [-0.25, -0.2) is 9.78 Å². The molecule has 0 saturated heterocycles. The van der Waals surface area contributed by atoms with Crippen molar-refractivity contribution in [3.8, 4) is 0 Å². The van der Waals surface area contributed by atoms with Crippen molar-refractivity contribution >= 4 is 55.6 Å². The summed E-state index contributed by atoms with van der Waals surface area (Å²) in [5.74, 6) is 0. The van der Waals surface area contributed by atoms with Crippen molar-refractivity contribution in [2.24, 2.45) is 0 Å². The van der Waals surface area contributed by atoms with E-state index < -0.39 is 11.7 Å². The predicted octanol–water partition coefficient (Wildman–Crippen LogP) is 6.24. The maximum Gasteiger partial charge on any atom is 0.407 e. The Labute approximate surface area is 184 Å². The number of halogens is 1. The van der Waals surface area contributed by atoms with E-state index in [0.29, 0.717) is 11.7 Å².